The zero-order valence-electron chi connectivity index (χ0n) is 25.5. The van der Waals surface area contributed by atoms with Gasteiger partial charge in [0.2, 0.25) is 0 Å². The van der Waals surface area contributed by atoms with Crippen LogP contribution in [-0.4, -0.2) is 72.1 Å². The van der Waals surface area contributed by atoms with E-state index in [2.05, 4.69) is 69.0 Å². The van der Waals surface area contributed by atoms with Crippen LogP contribution in [0.3, 0.4) is 0 Å². The highest BCUT2D eigenvalue weighted by Gasteiger charge is 2.20. The van der Waals surface area contributed by atoms with Crippen LogP contribution in [0.2, 0.25) is 0 Å². The van der Waals surface area contributed by atoms with Gasteiger partial charge in [-0.1, -0.05) is 36.4 Å². The fraction of sp³-hybridized carbons (Fsp3) is 0.500. The first-order valence-corrected chi connectivity index (χ1v) is 16.6. The van der Waals surface area contributed by atoms with Crippen LogP contribution in [0, 0.1) is 0 Å². The number of nitrogens with zero attached hydrogens (tertiary/aromatic N) is 4. The first-order chi connectivity index (χ1) is 20.8. The molecular weight excluding hydrogens is 552 g/mol. The third kappa shape index (κ3) is 6.77. The van der Waals surface area contributed by atoms with E-state index in [1.54, 1.807) is 0 Å². The van der Waals surface area contributed by atoms with Gasteiger partial charge < -0.3 is 20.4 Å². The number of piperazine rings is 1. The van der Waals surface area contributed by atoms with E-state index < -0.39 is 0 Å². The predicted molar refractivity (Wildman–Crippen MR) is 183 cm³/mol. The van der Waals surface area contributed by atoms with E-state index in [4.69, 9.17) is 9.97 Å². The van der Waals surface area contributed by atoms with Gasteiger partial charge in [0.05, 0.1) is 11.0 Å². The number of halogens is 1. The topological polar surface area (TPSA) is 56.3 Å². The maximum atomic E-state index is 5.00. The van der Waals surface area contributed by atoms with Crippen LogP contribution in [0.5, 0.6) is 0 Å². The molecule has 1 saturated heterocycles. The molecule has 0 saturated carbocycles. The zero-order chi connectivity index (χ0) is 28.1. The van der Waals surface area contributed by atoms with Crippen LogP contribution >= 0.6 is 12.4 Å². The monoisotopic (exact) mass is 598 g/mol. The molecule has 0 bridgehead atoms. The number of hydrogen-bond acceptors (Lipinski definition) is 6. The van der Waals surface area contributed by atoms with E-state index in [0.29, 0.717) is 0 Å². The van der Waals surface area contributed by atoms with E-state index in [1.807, 2.05) is 0 Å². The van der Waals surface area contributed by atoms with Gasteiger partial charge in [0, 0.05) is 72.8 Å². The number of rotatable bonds is 10. The second-order valence-corrected chi connectivity index (χ2v) is 12.5. The van der Waals surface area contributed by atoms with Crippen LogP contribution in [-0.2, 0) is 25.7 Å². The van der Waals surface area contributed by atoms with Crippen molar-refractivity contribution in [3.05, 3.63) is 71.0 Å². The second kappa shape index (κ2) is 14.2. The minimum Gasteiger partial charge on any atom is -0.384 e. The minimum atomic E-state index is 0. The van der Waals surface area contributed by atoms with Crippen LogP contribution in [0.4, 0.5) is 11.4 Å². The van der Waals surface area contributed by atoms with Gasteiger partial charge in [-0.15, -0.1) is 12.4 Å². The number of benzene rings is 2. The summed E-state index contributed by atoms with van der Waals surface area (Å²) in [5.74, 6) is 0. The molecule has 3 aliphatic rings. The molecule has 1 aliphatic heterocycles. The van der Waals surface area contributed by atoms with Crippen molar-refractivity contribution in [1.82, 2.24) is 19.8 Å². The van der Waals surface area contributed by atoms with Crippen LogP contribution in [0.25, 0.3) is 21.8 Å². The molecule has 43 heavy (non-hydrogen) atoms. The molecule has 7 heteroatoms. The number of fused-ring (bicyclic) bond motifs is 4. The molecule has 0 spiro atoms. The van der Waals surface area contributed by atoms with Gasteiger partial charge in [-0.25, -0.2) is 0 Å². The molecule has 3 heterocycles. The smallest absolute Gasteiger partial charge is 0.0726 e. The summed E-state index contributed by atoms with van der Waals surface area (Å²) in [6, 6.07) is 17.3. The Morgan fingerprint density at radius 1 is 0.558 bits per heavy atom. The van der Waals surface area contributed by atoms with Crippen molar-refractivity contribution in [1.29, 1.82) is 0 Å². The van der Waals surface area contributed by atoms with Gasteiger partial charge in [-0.05, 0) is 101 Å². The van der Waals surface area contributed by atoms with E-state index in [0.717, 1.165) is 49.8 Å². The lowest BCUT2D eigenvalue weighted by molar-refractivity contribution is 0.132. The number of nitrogens with one attached hydrogen (secondary N) is 2. The number of pyridine rings is 2. The highest BCUT2D eigenvalue weighted by atomic mass is 35.5. The second-order valence-electron chi connectivity index (χ2n) is 12.5. The molecule has 6 nitrogen and oxygen atoms in total. The Morgan fingerprint density at radius 2 is 0.977 bits per heavy atom. The molecule has 0 atom stereocenters. The van der Waals surface area contributed by atoms with Gasteiger partial charge in [0.1, 0.15) is 0 Å². The number of hydrogen-bond donors (Lipinski definition) is 2. The Bertz CT molecular complexity index is 1410. The fourth-order valence-electron chi connectivity index (χ4n) is 7.42. The van der Waals surface area contributed by atoms with Crippen molar-refractivity contribution in [3.8, 4) is 0 Å². The van der Waals surface area contributed by atoms with E-state index in [1.165, 1.54) is 122 Å². The molecule has 0 amide bonds. The zero-order valence-corrected chi connectivity index (χ0v) is 26.4. The van der Waals surface area contributed by atoms with Crippen molar-refractivity contribution in [2.24, 2.45) is 0 Å². The maximum Gasteiger partial charge on any atom is 0.0726 e. The Morgan fingerprint density at radius 3 is 1.44 bits per heavy atom. The summed E-state index contributed by atoms with van der Waals surface area (Å²) in [7, 11) is 0. The summed E-state index contributed by atoms with van der Waals surface area (Å²) < 4.78 is 0. The third-order valence-corrected chi connectivity index (χ3v) is 9.71. The standard InChI is InChI=1S/C36H46N6.ClH/c1-5-15-31-27(11-1)35(28-12-2-6-16-32(28)39-31)37-19-9-21-41-23-25-42(26-24-41)22-10-20-38-36-29-13-3-7-17-33(29)40-34-18-8-4-14-30(34)36;/h1,3,5,7,11,13,15,17H,2,4,6,8-10,12,14,16,18-26H2,(H,37,39)(H,38,40);1H. The van der Waals surface area contributed by atoms with Gasteiger partial charge >= 0.3 is 0 Å². The van der Waals surface area contributed by atoms with Gasteiger partial charge in [0.15, 0.2) is 0 Å². The first kappa shape index (κ1) is 30.1. The Hall–Kier alpha value is -2.93. The van der Waals surface area contributed by atoms with Crippen molar-refractivity contribution in [3.63, 3.8) is 0 Å². The SMILES string of the molecule is Cl.c1ccc2c(NCCCN3CCN(CCCNc4c5c(nc6ccccc46)CCCC5)CC3)c3c(nc2c1)CCCC3. The molecule has 0 radical (unpaired) electrons. The Kier molecular flexibility index (Phi) is 9.97. The minimum absolute atomic E-state index is 0. The van der Waals surface area contributed by atoms with Crippen molar-refractivity contribution < 1.29 is 0 Å². The Balaban J connectivity index is 0.00000329. The predicted octanol–water partition coefficient (Wildman–Crippen LogP) is 6.88. The van der Waals surface area contributed by atoms with Gasteiger partial charge in [0.25, 0.3) is 0 Å². The lowest BCUT2D eigenvalue weighted by atomic mass is 9.92. The molecule has 2 aromatic carbocycles. The molecule has 0 unspecified atom stereocenters. The van der Waals surface area contributed by atoms with Crippen LogP contribution in [0.15, 0.2) is 48.5 Å². The Labute approximate surface area is 263 Å². The normalized spacial score (nSPS) is 17.3. The average Bonchev–Trinajstić information content (AvgIpc) is 3.04. The quantitative estimate of drug-likeness (QED) is 0.194. The van der Waals surface area contributed by atoms with E-state index >= 15 is 0 Å². The highest BCUT2D eigenvalue weighted by molar-refractivity contribution is 5.94. The average molecular weight is 599 g/mol. The summed E-state index contributed by atoms with van der Waals surface area (Å²) in [5.41, 5.74) is 10.6. The molecular formula is C36H47ClN6. The molecule has 228 valence electrons. The first-order valence-electron chi connectivity index (χ1n) is 16.6. The summed E-state index contributed by atoms with van der Waals surface area (Å²) in [5, 5.41) is 10.3. The molecule has 2 N–H and O–H groups in total. The molecule has 2 aliphatic carbocycles. The van der Waals surface area contributed by atoms with Crippen molar-refractivity contribution in [2.45, 2.75) is 64.2 Å². The molecule has 1 fully saturated rings. The van der Waals surface area contributed by atoms with Crippen molar-refractivity contribution in [2.75, 3.05) is 63.0 Å². The van der Waals surface area contributed by atoms with E-state index in [9.17, 15) is 0 Å². The number of para-hydroxylation sites is 2. The largest absolute Gasteiger partial charge is 0.384 e. The summed E-state index contributed by atoms with van der Waals surface area (Å²) >= 11 is 0. The number of aryl methyl sites for hydroxylation is 2. The molecule has 4 aromatic rings. The lowest BCUT2D eigenvalue weighted by Gasteiger charge is -2.34. The lowest BCUT2D eigenvalue weighted by Crippen LogP contribution is -2.47. The highest BCUT2D eigenvalue weighted by Crippen LogP contribution is 2.34. The van der Waals surface area contributed by atoms with Gasteiger partial charge in [-0.2, -0.15) is 0 Å². The third-order valence-electron chi connectivity index (χ3n) is 9.71. The van der Waals surface area contributed by atoms with Crippen molar-refractivity contribution >= 4 is 45.6 Å². The van der Waals surface area contributed by atoms with Gasteiger partial charge in [-0.3, -0.25) is 9.97 Å². The fourth-order valence-corrected chi connectivity index (χ4v) is 7.42. The van der Waals surface area contributed by atoms with Crippen LogP contribution < -0.4 is 10.6 Å². The summed E-state index contributed by atoms with van der Waals surface area (Å²) in [4.78, 5) is 15.3. The molecule has 2 aromatic heterocycles. The summed E-state index contributed by atoms with van der Waals surface area (Å²) in [6.07, 6.45) is 12.0. The maximum absolute atomic E-state index is 5.00. The molecule has 7 rings (SSSR count). The number of anilines is 2. The van der Waals surface area contributed by atoms with Crippen LogP contribution in [0.1, 0.15) is 61.0 Å². The van der Waals surface area contributed by atoms with E-state index in [-0.39, 0.29) is 12.4 Å². The summed E-state index contributed by atoms with van der Waals surface area (Å²) in [6.45, 7) is 9.14. The number of aromatic nitrogens is 2.